The second kappa shape index (κ2) is 11.7. The van der Waals surface area contributed by atoms with Crippen LogP contribution in [0.4, 0.5) is 10.1 Å². The average Bonchev–Trinajstić information content (AvgIpc) is 3.88. The SMILES string of the molecule is O=C(O)c1cn(C2CC2)c2cc(N3CCN(CCOc4cc(O)c5c(=O)cc(-c6ccc(O)c(O)c6)oc5c4)CC3)c(F)cc2c1=O. The van der Waals surface area contributed by atoms with E-state index >= 15 is 4.39 Å². The average molecular weight is 644 g/mol. The third-order valence-electron chi connectivity index (χ3n) is 8.70. The molecule has 2 fully saturated rings. The predicted molar refractivity (Wildman–Crippen MR) is 170 cm³/mol. The Morgan fingerprint density at radius 1 is 0.936 bits per heavy atom. The quantitative estimate of drug-likeness (QED) is 0.179. The lowest BCUT2D eigenvalue weighted by Crippen LogP contribution is -2.47. The van der Waals surface area contributed by atoms with E-state index in [2.05, 4.69) is 4.90 Å². The summed E-state index contributed by atoms with van der Waals surface area (Å²) in [6, 6.07) is 10.9. The minimum Gasteiger partial charge on any atom is -0.507 e. The molecule has 3 aromatic carbocycles. The van der Waals surface area contributed by atoms with Crippen LogP contribution in [0.1, 0.15) is 29.2 Å². The molecule has 5 aromatic rings. The van der Waals surface area contributed by atoms with Crippen molar-refractivity contribution in [1.29, 1.82) is 0 Å². The third kappa shape index (κ3) is 5.69. The standard InChI is InChI=1S/C34H30FN3O9/c35-23-14-21-24(38(19-2-3-19)17-22(33(21)43)34(44)45)15-25(23)37-7-5-36(6-8-37)9-10-46-20-12-28(41)32-29(42)16-30(47-31(32)13-20)18-1-4-26(39)27(40)11-18/h1,4,11-17,19,39-41H,2-3,5-10H2,(H,44,45). The Balaban J connectivity index is 1.02. The second-order valence-corrected chi connectivity index (χ2v) is 11.8. The number of ether oxygens (including phenoxy) is 1. The molecule has 2 aliphatic rings. The maximum atomic E-state index is 15.3. The van der Waals surface area contributed by atoms with Crippen molar-refractivity contribution in [3.8, 4) is 34.3 Å². The van der Waals surface area contributed by atoms with Crippen LogP contribution in [-0.4, -0.2) is 75.2 Å². The van der Waals surface area contributed by atoms with Crippen LogP contribution < -0.4 is 20.5 Å². The fraction of sp³-hybridized carbons (Fsp3) is 0.265. The summed E-state index contributed by atoms with van der Waals surface area (Å²) >= 11 is 0. The fourth-order valence-corrected chi connectivity index (χ4v) is 6.06. The predicted octanol–water partition coefficient (Wildman–Crippen LogP) is 4.26. The number of carbonyl (C=O) groups is 1. The number of hydrogen-bond acceptors (Lipinski definition) is 10. The van der Waals surface area contributed by atoms with Gasteiger partial charge in [0.1, 0.15) is 46.2 Å². The molecule has 1 saturated carbocycles. The minimum absolute atomic E-state index is 0.0161. The highest BCUT2D eigenvalue weighted by Crippen LogP contribution is 2.38. The Morgan fingerprint density at radius 3 is 2.40 bits per heavy atom. The van der Waals surface area contributed by atoms with Crippen LogP contribution in [-0.2, 0) is 0 Å². The summed E-state index contributed by atoms with van der Waals surface area (Å²) in [5, 5.41) is 39.5. The number of carboxylic acids is 1. The molecule has 0 atom stereocenters. The molecule has 12 nitrogen and oxygen atoms in total. The summed E-state index contributed by atoms with van der Waals surface area (Å²) in [6.45, 7) is 3.03. The number of benzene rings is 3. The number of rotatable bonds is 8. The van der Waals surface area contributed by atoms with E-state index in [1.54, 1.807) is 10.6 Å². The molecule has 0 spiro atoms. The van der Waals surface area contributed by atoms with Gasteiger partial charge in [-0.25, -0.2) is 9.18 Å². The molecule has 3 heterocycles. The summed E-state index contributed by atoms with van der Waals surface area (Å²) in [6.07, 6.45) is 3.10. The molecule has 0 bridgehead atoms. The number of aromatic hydroxyl groups is 3. The van der Waals surface area contributed by atoms with E-state index in [1.165, 1.54) is 42.6 Å². The van der Waals surface area contributed by atoms with Gasteiger partial charge in [0.05, 0.1) is 11.2 Å². The van der Waals surface area contributed by atoms with Crippen LogP contribution in [0.5, 0.6) is 23.0 Å². The lowest BCUT2D eigenvalue weighted by molar-refractivity contribution is 0.0694. The van der Waals surface area contributed by atoms with E-state index in [0.29, 0.717) is 49.5 Å². The van der Waals surface area contributed by atoms with E-state index in [0.717, 1.165) is 18.9 Å². The normalized spacial score (nSPS) is 15.4. The van der Waals surface area contributed by atoms with Crippen molar-refractivity contribution in [1.82, 2.24) is 9.47 Å². The number of aromatic nitrogens is 1. The highest BCUT2D eigenvalue weighted by atomic mass is 19.1. The number of pyridine rings is 1. The van der Waals surface area contributed by atoms with Crippen LogP contribution in [0.2, 0.25) is 0 Å². The molecule has 0 amide bonds. The number of carboxylic acid groups (broad SMARTS) is 1. The molecular weight excluding hydrogens is 613 g/mol. The number of halogens is 1. The van der Waals surface area contributed by atoms with E-state index in [1.807, 2.05) is 4.90 Å². The van der Waals surface area contributed by atoms with Crippen molar-refractivity contribution in [3.63, 3.8) is 0 Å². The zero-order chi connectivity index (χ0) is 33.0. The lowest BCUT2D eigenvalue weighted by Gasteiger charge is -2.36. The number of nitrogens with zero attached hydrogens (tertiary/aromatic N) is 3. The molecule has 47 heavy (non-hydrogen) atoms. The molecule has 0 radical (unpaired) electrons. The molecule has 13 heteroatoms. The third-order valence-corrected chi connectivity index (χ3v) is 8.70. The van der Waals surface area contributed by atoms with Crippen LogP contribution in [0, 0.1) is 5.82 Å². The first kappa shape index (κ1) is 30.1. The van der Waals surface area contributed by atoms with Crippen molar-refractivity contribution >= 4 is 33.5 Å². The highest BCUT2D eigenvalue weighted by molar-refractivity contribution is 5.93. The molecule has 4 N–H and O–H groups in total. The largest absolute Gasteiger partial charge is 0.507 e. The Labute approximate surface area is 265 Å². The summed E-state index contributed by atoms with van der Waals surface area (Å²) in [7, 11) is 0. The van der Waals surface area contributed by atoms with Gasteiger partial charge in [-0.05, 0) is 43.2 Å². The molecular formula is C34H30FN3O9. The van der Waals surface area contributed by atoms with Gasteiger partial charge in [-0.1, -0.05) is 0 Å². The molecule has 242 valence electrons. The van der Waals surface area contributed by atoms with Gasteiger partial charge in [-0.2, -0.15) is 0 Å². The summed E-state index contributed by atoms with van der Waals surface area (Å²) in [5.74, 6) is -2.48. The van der Waals surface area contributed by atoms with Crippen molar-refractivity contribution in [2.24, 2.45) is 0 Å². The van der Waals surface area contributed by atoms with Gasteiger partial charge in [-0.3, -0.25) is 14.5 Å². The van der Waals surface area contributed by atoms with Crippen molar-refractivity contribution in [3.05, 3.63) is 86.6 Å². The number of piperazine rings is 1. The highest BCUT2D eigenvalue weighted by Gasteiger charge is 2.28. The monoisotopic (exact) mass is 643 g/mol. The lowest BCUT2D eigenvalue weighted by atomic mass is 10.1. The maximum absolute atomic E-state index is 15.3. The van der Waals surface area contributed by atoms with Gasteiger partial charge in [0.15, 0.2) is 16.9 Å². The molecule has 1 aliphatic carbocycles. The maximum Gasteiger partial charge on any atom is 0.341 e. The first-order valence-corrected chi connectivity index (χ1v) is 15.1. The van der Waals surface area contributed by atoms with Gasteiger partial charge in [0.2, 0.25) is 5.43 Å². The van der Waals surface area contributed by atoms with Crippen LogP contribution in [0.25, 0.3) is 33.2 Å². The van der Waals surface area contributed by atoms with E-state index < -0.39 is 22.6 Å². The number of phenols is 3. The first-order valence-electron chi connectivity index (χ1n) is 15.1. The topological polar surface area (TPSA) is 166 Å². The Hall–Kier alpha value is -5.56. The number of aromatic carboxylic acids is 1. The smallest absolute Gasteiger partial charge is 0.341 e. The van der Waals surface area contributed by atoms with E-state index in [-0.39, 0.29) is 63.3 Å². The fourth-order valence-electron chi connectivity index (χ4n) is 6.06. The minimum atomic E-state index is -1.33. The summed E-state index contributed by atoms with van der Waals surface area (Å²) in [4.78, 5) is 41.2. The van der Waals surface area contributed by atoms with Crippen molar-refractivity contribution in [2.45, 2.75) is 18.9 Å². The molecule has 0 unspecified atom stereocenters. The first-order chi connectivity index (χ1) is 22.6. The number of anilines is 1. The van der Waals surface area contributed by atoms with E-state index in [9.17, 15) is 34.8 Å². The Bertz CT molecular complexity index is 2180. The second-order valence-electron chi connectivity index (χ2n) is 11.8. The van der Waals surface area contributed by atoms with Gasteiger partial charge < -0.3 is 39.0 Å². The zero-order valence-electron chi connectivity index (χ0n) is 25.0. The van der Waals surface area contributed by atoms with Crippen molar-refractivity contribution in [2.75, 3.05) is 44.2 Å². The molecule has 2 aromatic heterocycles. The molecule has 1 aliphatic heterocycles. The van der Waals surface area contributed by atoms with Crippen LogP contribution in [0.3, 0.4) is 0 Å². The molecule has 1 saturated heterocycles. The van der Waals surface area contributed by atoms with Gasteiger partial charge in [0, 0.05) is 74.1 Å². The van der Waals surface area contributed by atoms with Crippen molar-refractivity contribution < 1.29 is 38.8 Å². The number of phenolic OH excluding ortho intramolecular Hbond substituents is 3. The number of fused-ring (bicyclic) bond motifs is 2. The Kier molecular flexibility index (Phi) is 7.47. The molecule has 7 rings (SSSR count). The van der Waals surface area contributed by atoms with Gasteiger partial charge in [-0.15, -0.1) is 0 Å². The Morgan fingerprint density at radius 2 is 1.70 bits per heavy atom. The van der Waals surface area contributed by atoms with Crippen LogP contribution in [0.15, 0.2) is 68.7 Å². The summed E-state index contributed by atoms with van der Waals surface area (Å²) < 4.78 is 28.9. The van der Waals surface area contributed by atoms with E-state index in [4.69, 9.17) is 9.15 Å². The van der Waals surface area contributed by atoms with Gasteiger partial charge >= 0.3 is 5.97 Å². The van der Waals surface area contributed by atoms with Crippen LogP contribution >= 0.6 is 0 Å². The zero-order valence-corrected chi connectivity index (χ0v) is 25.0. The number of hydrogen-bond donors (Lipinski definition) is 4. The summed E-state index contributed by atoms with van der Waals surface area (Å²) in [5.41, 5.74) is -0.211. The van der Waals surface area contributed by atoms with Gasteiger partial charge in [0.25, 0.3) is 0 Å².